The third kappa shape index (κ3) is 6.62. The second-order valence-corrected chi connectivity index (χ2v) is 21.9. The van der Waals surface area contributed by atoms with Crippen molar-refractivity contribution in [2.24, 2.45) is 57.2 Å². The molecule has 2 N–H and O–H groups in total. The molecule has 0 radical (unpaired) electrons. The van der Waals surface area contributed by atoms with Gasteiger partial charge >= 0.3 is 5.97 Å². The van der Waals surface area contributed by atoms with E-state index in [9.17, 15) is 18.3 Å². The monoisotopic (exact) mass is 713 g/mol. The van der Waals surface area contributed by atoms with Gasteiger partial charge < -0.3 is 15.3 Å². The van der Waals surface area contributed by atoms with Crippen LogP contribution in [0, 0.1) is 57.2 Å². The van der Waals surface area contributed by atoms with Gasteiger partial charge in [-0.1, -0.05) is 71.6 Å². The summed E-state index contributed by atoms with van der Waals surface area (Å²) in [6, 6.07) is 0. The van der Waals surface area contributed by atoms with Crippen LogP contribution >= 0.6 is 0 Å². The molecule has 7 rings (SSSR count). The Balaban J connectivity index is 0.00000139. The molecule has 0 aromatic rings. The highest BCUT2D eigenvalue weighted by molar-refractivity contribution is 7.91. The zero-order valence-electron chi connectivity index (χ0n) is 32.7. The quantitative estimate of drug-likeness (QED) is 0.257. The smallest absolute Gasteiger partial charge is 0.306 e. The maximum Gasteiger partial charge on any atom is 0.306 e. The van der Waals surface area contributed by atoms with E-state index in [1.54, 1.807) is 11.6 Å². The van der Waals surface area contributed by atoms with Crippen molar-refractivity contribution in [1.29, 1.82) is 0 Å². The lowest BCUT2D eigenvalue weighted by Crippen LogP contribution is -2.67. The lowest BCUT2D eigenvalue weighted by Gasteiger charge is -2.72. The number of rotatable bonds is 7. The summed E-state index contributed by atoms with van der Waals surface area (Å²) >= 11 is 0. The van der Waals surface area contributed by atoms with E-state index in [0.717, 1.165) is 56.5 Å². The van der Waals surface area contributed by atoms with E-state index in [2.05, 4.69) is 57.5 Å². The summed E-state index contributed by atoms with van der Waals surface area (Å²) < 4.78 is 23.9. The highest BCUT2D eigenvalue weighted by Gasteiger charge is 2.69. The molecule has 0 aromatic carbocycles. The van der Waals surface area contributed by atoms with E-state index in [1.165, 1.54) is 70.6 Å². The van der Waals surface area contributed by atoms with Crippen molar-refractivity contribution in [2.75, 3.05) is 37.7 Å². The summed E-state index contributed by atoms with van der Waals surface area (Å²) in [5.74, 6) is 3.47. The van der Waals surface area contributed by atoms with Crippen molar-refractivity contribution >= 4 is 15.8 Å². The third-order valence-corrected chi connectivity index (χ3v) is 18.7. The summed E-state index contributed by atoms with van der Waals surface area (Å²) in [6.07, 6.45) is 22.9. The first-order valence-electron chi connectivity index (χ1n) is 20.7. The lowest BCUT2D eigenvalue weighted by molar-refractivity contribution is -0.219. The molecule has 6 aliphatic carbocycles. The maximum absolute atomic E-state index is 11.9. The number of carbonyl (C=O) groups is 1. The van der Waals surface area contributed by atoms with E-state index in [-0.39, 0.29) is 16.9 Å². The Morgan fingerprint density at radius 1 is 0.920 bits per heavy atom. The van der Waals surface area contributed by atoms with Crippen molar-refractivity contribution < 1.29 is 18.3 Å². The van der Waals surface area contributed by atoms with Crippen LogP contribution in [-0.4, -0.2) is 67.6 Å². The zero-order valence-corrected chi connectivity index (χ0v) is 33.5. The van der Waals surface area contributed by atoms with Gasteiger partial charge in [0.15, 0.2) is 9.84 Å². The number of fused-ring (bicyclic) bond motifs is 7. The van der Waals surface area contributed by atoms with E-state index in [0.29, 0.717) is 52.7 Å². The third-order valence-electron chi connectivity index (χ3n) is 17.1. The van der Waals surface area contributed by atoms with Gasteiger partial charge in [-0.2, -0.15) is 0 Å². The van der Waals surface area contributed by atoms with Crippen molar-refractivity contribution in [3.8, 4) is 0 Å². The van der Waals surface area contributed by atoms with Gasteiger partial charge in [0.2, 0.25) is 0 Å². The predicted octanol–water partition coefficient (Wildman–Crippen LogP) is 8.92. The molecule has 0 spiro atoms. The van der Waals surface area contributed by atoms with Crippen LogP contribution in [0.25, 0.3) is 0 Å². The minimum atomic E-state index is -2.83. The van der Waals surface area contributed by atoms with Crippen molar-refractivity contribution in [3.63, 3.8) is 0 Å². The van der Waals surface area contributed by atoms with Crippen LogP contribution in [0.15, 0.2) is 24.3 Å². The van der Waals surface area contributed by atoms with Crippen LogP contribution in [0.2, 0.25) is 0 Å². The summed E-state index contributed by atoms with van der Waals surface area (Å²) in [6.45, 7) is 21.9. The standard InChI is InChI=1S/C40H66N2O4S.C3H6/c1-36(2)30(27-28-8-6-9-29(26-28)35(43)44)13-16-37(3)33(36)14-17-39(5)34(37)12-11-31-32-10-7-15-40(32,19-18-38(31,39)4)41-20-21-42-22-24-47(45,46)25-23-42;1-3-2/h13,28-29,31-34,41H,6-12,14-27H2,1-5H3,(H,43,44);3H,1H2,2H3/t28?,29?,31?,32-,33?,34?,37?,38-,39?,40?;/m1./s1. The maximum atomic E-state index is 11.9. The van der Waals surface area contributed by atoms with E-state index >= 15 is 0 Å². The van der Waals surface area contributed by atoms with Gasteiger partial charge in [0.05, 0.1) is 17.4 Å². The first kappa shape index (κ1) is 38.5. The summed E-state index contributed by atoms with van der Waals surface area (Å²) in [5, 5.41) is 13.9. The molecule has 6 nitrogen and oxygen atoms in total. The van der Waals surface area contributed by atoms with Gasteiger partial charge in [-0.25, -0.2) is 8.42 Å². The van der Waals surface area contributed by atoms with E-state index in [1.807, 2.05) is 6.92 Å². The lowest BCUT2D eigenvalue weighted by atomic mass is 9.33. The molecule has 50 heavy (non-hydrogen) atoms. The number of carboxylic acid groups (broad SMARTS) is 1. The molecule has 5 saturated carbocycles. The number of nitrogens with one attached hydrogen (secondary N) is 1. The molecule has 284 valence electrons. The average Bonchev–Trinajstić information content (AvgIpc) is 3.48. The fourth-order valence-corrected chi connectivity index (χ4v) is 15.6. The molecule has 7 aliphatic rings. The molecule has 1 saturated heterocycles. The van der Waals surface area contributed by atoms with Crippen LogP contribution in [0.1, 0.15) is 138 Å². The highest BCUT2D eigenvalue weighted by Crippen LogP contribution is 2.76. The first-order chi connectivity index (χ1) is 23.6. The Kier molecular flexibility index (Phi) is 11.0. The topological polar surface area (TPSA) is 86.7 Å². The van der Waals surface area contributed by atoms with Gasteiger partial charge in [0.1, 0.15) is 0 Å². The number of aliphatic carboxylic acids is 1. The van der Waals surface area contributed by atoms with Crippen molar-refractivity contribution in [1.82, 2.24) is 10.2 Å². The highest BCUT2D eigenvalue weighted by atomic mass is 32.2. The fraction of sp³-hybridized carbons (Fsp3) is 0.884. The second-order valence-electron chi connectivity index (χ2n) is 19.6. The van der Waals surface area contributed by atoms with Crippen LogP contribution in [0.5, 0.6) is 0 Å². The van der Waals surface area contributed by atoms with Crippen molar-refractivity contribution in [3.05, 3.63) is 24.3 Å². The molecular formula is C43H72N2O4S. The molecule has 10 atom stereocenters. The molecule has 1 aliphatic heterocycles. The Morgan fingerprint density at radius 3 is 2.34 bits per heavy atom. The predicted molar refractivity (Wildman–Crippen MR) is 206 cm³/mol. The number of carboxylic acids is 1. The molecule has 8 unspecified atom stereocenters. The summed E-state index contributed by atoms with van der Waals surface area (Å²) in [5.41, 5.74) is 3.18. The van der Waals surface area contributed by atoms with Crippen LogP contribution in [0.3, 0.4) is 0 Å². The molecule has 6 fully saturated rings. The van der Waals surface area contributed by atoms with Gasteiger partial charge in [-0.3, -0.25) is 4.79 Å². The molecule has 0 aromatic heterocycles. The van der Waals surface area contributed by atoms with Crippen molar-refractivity contribution in [2.45, 2.75) is 143 Å². The minimum absolute atomic E-state index is 0.141. The molecule has 0 amide bonds. The number of hydrogen-bond donors (Lipinski definition) is 2. The Bertz CT molecular complexity index is 1390. The van der Waals surface area contributed by atoms with Crippen LogP contribution < -0.4 is 5.32 Å². The van der Waals surface area contributed by atoms with E-state index in [4.69, 9.17) is 0 Å². The van der Waals surface area contributed by atoms with Gasteiger partial charge in [0.25, 0.3) is 0 Å². The van der Waals surface area contributed by atoms with Gasteiger partial charge in [-0.15, -0.1) is 6.58 Å². The Labute approximate surface area is 306 Å². The minimum Gasteiger partial charge on any atom is -0.481 e. The van der Waals surface area contributed by atoms with Gasteiger partial charge in [-0.05, 0) is 135 Å². The molecule has 1 heterocycles. The average molecular weight is 713 g/mol. The Hall–Kier alpha value is -1.18. The molecular weight excluding hydrogens is 641 g/mol. The number of sulfone groups is 1. The fourth-order valence-electron chi connectivity index (χ4n) is 14.3. The zero-order chi connectivity index (χ0) is 36.2. The van der Waals surface area contributed by atoms with Crippen LogP contribution in [0.4, 0.5) is 0 Å². The number of hydrogen-bond acceptors (Lipinski definition) is 5. The normalized spacial score (nSPS) is 45.0. The van der Waals surface area contributed by atoms with Gasteiger partial charge in [0, 0.05) is 31.7 Å². The van der Waals surface area contributed by atoms with Crippen LogP contribution in [-0.2, 0) is 14.6 Å². The largest absolute Gasteiger partial charge is 0.481 e. The molecule has 7 heteroatoms. The SMILES string of the molecule is C=CC.CC1(C)C(CC2CCCC(C(=O)O)C2)=CCC2(C)C1CCC1(C)C2CCC2[C@H]3CCCC3(NCCN3CCS(=O)(=O)CC3)CC[C@]21C. The second kappa shape index (κ2) is 14.2. The first-order valence-corrected chi connectivity index (χ1v) is 22.5. The number of nitrogens with zero attached hydrogens (tertiary/aromatic N) is 1. The Morgan fingerprint density at radius 2 is 1.64 bits per heavy atom. The van der Waals surface area contributed by atoms with E-state index < -0.39 is 15.8 Å². The summed E-state index contributed by atoms with van der Waals surface area (Å²) in [7, 11) is -2.83. The summed E-state index contributed by atoms with van der Waals surface area (Å²) in [4.78, 5) is 14.2. The number of allylic oxidation sites excluding steroid dienone is 3. The molecule has 0 bridgehead atoms.